The monoisotopic (exact) mass is 252 g/mol. The average Bonchev–Trinajstić information content (AvgIpc) is 1.93. The van der Waals surface area contributed by atoms with Crippen LogP contribution in [0, 0.1) is 5.92 Å². The van der Waals surface area contributed by atoms with Crippen LogP contribution in [0.5, 0.6) is 0 Å². The van der Waals surface area contributed by atoms with Crippen LogP contribution in [-0.4, -0.2) is 28.1 Å². The molecule has 2 unspecified atom stereocenters. The van der Waals surface area contributed by atoms with E-state index in [-0.39, 0.29) is 15.7 Å². The van der Waals surface area contributed by atoms with Gasteiger partial charge in [0.15, 0.2) is 0 Å². The molecule has 0 radical (unpaired) electrons. The van der Waals surface area contributed by atoms with Gasteiger partial charge in [0.25, 0.3) is 0 Å². The minimum atomic E-state index is 0.0723. The highest BCUT2D eigenvalue weighted by molar-refractivity contribution is 14.1. The van der Waals surface area contributed by atoms with Crippen molar-refractivity contribution in [2.45, 2.75) is 10.8 Å². The zero-order chi connectivity index (χ0) is 7.72. The van der Waals surface area contributed by atoms with E-state index < -0.39 is 0 Å². The normalized spacial score (nSPS) is 33.1. The lowest BCUT2D eigenvalue weighted by molar-refractivity contribution is -0.133. The molecular formula is C6H9IN2O. The van der Waals surface area contributed by atoms with Crippen molar-refractivity contribution in [2.24, 2.45) is 11.0 Å². The summed E-state index contributed by atoms with van der Waals surface area (Å²) in [6.45, 7) is 1.92. The van der Waals surface area contributed by atoms with Gasteiger partial charge in [-0.15, -0.1) is 0 Å². The lowest BCUT2D eigenvalue weighted by atomic mass is 10.1. The number of hydrogen-bond acceptors (Lipinski definition) is 2. The third kappa shape index (κ3) is 1.31. The first-order chi connectivity index (χ1) is 4.63. The van der Waals surface area contributed by atoms with Gasteiger partial charge >= 0.3 is 0 Å². The molecule has 0 aromatic rings. The van der Waals surface area contributed by atoms with E-state index in [1.54, 1.807) is 13.3 Å². The van der Waals surface area contributed by atoms with Crippen LogP contribution in [0.15, 0.2) is 5.10 Å². The van der Waals surface area contributed by atoms with Crippen molar-refractivity contribution in [3.05, 3.63) is 0 Å². The Balaban J connectivity index is 2.79. The van der Waals surface area contributed by atoms with Crippen molar-refractivity contribution in [3.8, 4) is 0 Å². The molecule has 0 saturated heterocycles. The smallest absolute Gasteiger partial charge is 0.246 e. The summed E-state index contributed by atoms with van der Waals surface area (Å²) in [5.74, 6) is 0.171. The van der Waals surface area contributed by atoms with E-state index in [0.717, 1.165) is 0 Å². The Hall–Kier alpha value is -0.130. The largest absolute Gasteiger partial charge is 0.273 e. The molecule has 0 N–H and O–H groups in total. The number of nitrogens with zero attached hydrogens (tertiary/aromatic N) is 2. The standard InChI is InChI=1S/C6H9IN2O/c1-4-5(7)3-8-9(2)6(4)10/h3-5H,1-2H3. The highest BCUT2D eigenvalue weighted by atomic mass is 127. The molecule has 0 fully saturated rings. The van der Waals surface area contributed by atoms with Crippen molar-refractivity contribution in [1.29, 1.82) is 0 Å². The van der Waals surface area contributed by atoms with Gasteiger partial charge < -0.3 is 0 Å². The molecule has 56 valence electrons. The number of hydrogen-bond donors (Lipinski definition) is 0. The van der Waals surface area contributed by atoms with Gasteiger partial charge in [0.2, 0.25) is 5.91 Å². The molecule has 3 nitrogen and oxygen atoms in total. The maximum absolute atomic E-state index is 11.1. The van der Waals surface area contributed by atoms with E-state index in [0.29, 0.717) is 0 Å². The molecule has 1 rings (SSSR count). The minimum absolute atomic E-state index is 0.0723. The second kappa shape index (κ2) is 2.86. The molecule has 1 amide bonds. The van der Waals surface area contributed by atoms with Crippen LogP contribution in [0.25, 0.3) is 0 Å². The number of alkyl halides is 1. The van der Waals surface area contributed by atoms with Gasteiger partial charge in [0, 0.05) is 13.3 Å². The second-order valence-corrected chi connectivity index (χ2v) is 3.80. The summed E-state index contributed by atoms with van der Waals surface area (Å²) in [6, 6.07) is 0. The van der Waals surface area contributed by atoms with Crippen molar-refractivity contribution in [3.63, 3.8) is 0 Å². The van der Waals surface area contributed by atoms with E-state index in [1.165, 1.54) is 5.01 Å². The van der Waals surface area contributed by atoms with E-state index in [1.807, 2.05) is 6.92 Å². The molecule has 1 aliphatic heterocycles. The van der Waals surface area contributed by atoms with Crippen LogP contribution in [0.1, 0.15) is 6.92 Å². The van der Waals surface area contributed by atoms with Crippen molar-refractivity contribution < 1.29 is 4.79 Å². The fraction of sp³-hybridized carbons (Fsp3) is 0.667. The summed E-state index contributed by atoms with van der Waals surface area (Å²) in [5, 5.41) is 5.28. The maximum atomic E-state index is 11.1. The van der Waals surface area contributed by atoms with Gasteiger partial charge in [0.05, 0.1) is 9.84 Å². The van der Waals surface area contributed by atoms with E-state index in [9.17, 15) is 4.79 Å². The Morgan fingerprint density at radius 2 is 2.40 bits per heavy atom. The fourth-order valence-corrected chi connectivity index (χ4v) is 1.23. The van der Waals surface area contributed by atoms with Gasteiger partial charge in [-0.1, -0.05) is 29.5 Å². The fourth-order valence-electron chi connectivity index (χ4n) is 0.781. The predicted molar refractivity (Wildman–Crippen MR) is 48.2 cm³/mol. The molecule has 0 bridgehead atoms. The lowest BCUT2D eigenvalue weighted by Gasteiger charge is -2.23. The van der Waals surface area contributed by atoms with E-state index in [2.05, 4.69) is 27.7 Å². The number of carbonyl (C=O) groups excluding carboxylic acids is 1. The Morgan fingerprint density at radius 3 is 2.90 bits per heavy atom. The van der Waals surface area contributed by atoms with E-state index in [4.69, 9.17) is 0 Å². The Labute approximate surface area is 73.6 Å². The van der Waals surface area contributed by atoms with Gasteiger partial charge in [-0.3, -0.25) is 4.79 Å². The summed E-state index contributed by atoms with van der Waals surface area (Å²) in [6.07, 6.45) is 1.80. The number of rotatable bonds is 0. The molecule has 1 heterocycles. The van der Waals surface area contributed by atoms with Crippen molar-refractivity contribution in [1.82, 2.24) is 5.01 Å². The molecule has 0 aromatic heterocycles. The zero-order valence-corrected chi connectivity index (χ0v) is 8.07. The molecule has 4 heteroatoms. The molecule has 1 aliphatic rings. The molecule has 0 spiro atoms. The van der Waals surface area contributed by atoms with Crippen LogP contribution in [0.3, 0.4) is 0 Å². The van der Waals surface area contributed by atoms with Gasteiger partial charge in [0.1, 0.15) is 0 Å². The third-order valence-electron chi connectivity index (χ3n) is 1.57. The molecule has 0 aromatic carbocycles. The van der Waals surface area contributed by atoms with Crippen LogP contribution >= 0.6 is 22.6 Å². The number of carbonyl (C=O) groups is 1. The first kappa shape index (κ1) is 7.97. The van der Waals surface area contributed by atoms with Crippen molar-refractivity contribution >= 4 is 34.7 Å². The predicted octanol–water partition coefficient (Wildman–Crippen LogP) is 0.884. The van der Waals surface area contributed by atoms with Gasteiger partial charge in [-0.05, 0) is 0 Å². The van der Waals surface area contributed by atoms with Crippen molar-refractivity contribution in [2.75, 3.05) is 7.05 Å². The van der Waals surface area contributed by atoms with Crippen LogP contribution in [-0.2, 0) is 4.79 Å². The summed E-state index contributed by atoms with van der Waals surface area (Å²) < 4.78 is 0.251. The number of hydrazone groups is 1. The molecule has 0 aliphatic carbocycles. The number of halogens is 1. The highest BCUT2D eigenvalue weighted by Crippen LogP contribution is 2.17. The first-order valence-electron chi connectivity index (χ1n) is 3.08. The second-order valence-electron chi connectivity index (χ2n) is 2.36. The third-order valence-corrected chi connectivity index (χ3v) is 2.97. The average molecular weight is 252 g/mol. The van der Waals surface area contributed by atoms with Crippen LogP contribution < -0.4 is 0 Å². The lowest BCUT2D eigenvalue weighted by Crippen LogP contribution is -2.37. The zero-order valence-electron chi connectivity index (χ0n) is 5.91. The molecular weight excluding hydrogens is 243 g/mol. The summed E-state index contributed by atoms with van der Waals surface area (Å²) in [7, 11) is 1.68. The first-order valence-corrected chi connectivity index (χ1v) is 4.33. The van der Waals surface area contributed by atoms with E-state index >= 15 is 0 Å². The Bertz CT molecular complexity index is 181. The summed E-state index contributed by atoms with van der Waals surface area (Å²) >= 11 is 2.21. The van der Waals surface area contributed by atoms with Crippen LogP contribution in [0.2, 0.25) is 0 Å². The van der Waals surface area contributed by atoms with Gasteiger partial charge in [-0.25, -0.2) is 5.01 Å². The highest BCUT2D eigenvalue weighted by Gasteiger charge is 2.26. The minimum Gasteiger partial charge on any atom is -0.273 e. The van der Waals surface area contributed by atoms with Gasteiger partial charge in [-0.2, -0.15) is 5.10 Å². The topological polar surface area (TPSA) is 32.7 Å². The SMILES string of the molecule is CC1C(=O)N(C)N=CC1I. The molecule has 0 saturated carbocycles. The Morgan fingerprint density at radius 1 is 1.80 bits per heavy atom. The number of amides is 1. The molecule has 2 atom stereocenters. The van der Waals surface area contributed by atoms with Crippen LogP contribution in [0.4, 0.5) is 0 Å². The molecule has 10 heavy (non-hydrogen) atoms. The quantitative estimate of drug-likeness (QED) is 0.465. The summed E-state index contributed by atoms with van der Waals surface area (Å²) in [5.41, 5.74) is 0. The Kier molecular flexibility index (Phi) is 2.28. The summed E-state index contributed by atoms with van der Waals surface area (Å²) in [4.78, 5) is 11.1. The maximum Gasteiger partial charge on any atom is 0.246 e.